The maximum absolute atomic E-state index is 12.5. The summed E-state index contributed by atoms with van der Waals surface area (Å²) in [6.45, 7) is 18.9. The average Bonchev–Trinajstić information content (AvgIpc) is 3.62. The van der Waals surface area contributed by atoms with Crippen LogP contribution in [0.4, 0.5) is 4.79 Å². The molecule has 7 aliphatic rings. The van der Waals surface area contributed by atoms with Crippen molar-refractivity contribution in [3.63, 3.8) is 0 Å². The minimum absolute atomic E-state index is 0.0180. The zero-order valence-corrected chi connectivity index (χ0v) is 28.6. The molecule has 2 spiro atoms. The van der Waals surface area contributed by atoms with E-state index in [1.165, 1.54) is 32.1 Å². The highest BCUT2D eigenvalue weighted by Gasteiger charge is 2.84. The molecule has 2 aliphatic heterocycles. The standard InChI is InChI=1S/C36H60N2O6/c1-20(2)28(44-31(40)37-8)22-17-21(3)27-29(42-22)30(39)34(7)24-10-9-23-32(4,5)25(43-26-18-38-15-16-41-26)11-12-35(23)19-36(24,35)14-13-33(27,34)6/h20-30,38-39H,9-19H2,1-8H3,(H,37,40)/t21-,22-,23+,24+,25+,26+,27+,28-,29+,30+,33-,34-,35-,36?/m1/s1. The predicted molar refractivity (Wildman–Crippen MR) is 168 cm³/mol. The number of alkyl carbamates (subject to hydrolysis) is 1. The normalized spacial score (nSPS) is 52.9. The van der Waals surface area contributed by atoms with Gasteiger partial charge in [0.1, 0.15) is 6.10 Å². The third-order valence-electron chi connectivity index (χ3n) is 15.4. The first-order chi connectivity index (χ1) is 20.8. The highest BCUT2D eigenvalue weighted by atomic mass is 16.7. The van der Waals surface area contributed by atoms with Crippen LogP contribution in [0.5, 0.6) is 0 Å². The fourth-order valence-corrected chi connectivity index (χ4v) is 13.4. The Bertz CT molecular complexity index is 1130. The Balaban J connectivity index is 1.15. The van der Waals surface area contributed by atoms with E-state index in [-0.39, 0.29) is 52.9 Å². The van der Waals surface area contributed by atoms with E-state index < -0.39 is 12.2 Å². The van der Waals surface area contributed by atoms with Crippen molar-refractivity contribution in [2.75, 3.05) is 26.7 Å². The van der Waals surface area contributed by atoms with Crippen LogP contribution in [0.1, 0.15) is 99.8 Å². The Morgan fingerprint density at radius 1 is 1.05 bits per heavy atom. The van der Waals surface area contributed by atoms with E-state index in [0.29, 0.717) is 34.5 Å². The number of hydrogen-bond acceptors (Lipinski definition) is 7. The monoisotopic (exact) mass is 616 g/mol. The number of ether oxygens (including phenoxy) is 4. The molecule has 0 aromatic carbocycles. The second kappa shape index (κ2) is 10.5. The van der Waals surface area contributed by atoms with Gasteiger partial charge in [0.05, 0.1) is 31.0 Å². The van der Waals surface area contributed by atoms with E-state index in [1.807, 2.05) is 0 Å². The van der Waals surface area contributed by atoms with Crippen LogP contribution in [-0.2, 0) is 18.9 Å². The highest BCUT2D eigenvalue weighted by Crippen LogP contribution is 2.89. The Hall–Kier alpha value is -0.930. The van der Waals surface area contributed by atoms with Gasteiger partial charge in [-0.05, 0) is 103 Å². The summed E-state index contributed by atoms with van der Waals surface area (Å²) in [6.07, 6.45) is 7.73. The predicted octanol–water partition coefficient (Wildman–Crippen LogP) is 5.51. The molecule has 0 aromatic heterocycles. The maximum atomic E-state index is 12.5. The minimum Gasteiger partial charge on any atom is -0.443 e. The molecule has 8 nitrogen and oxygen atoms in total. The van der Waals surface area contributed by atoms with Crippen LogP contribution < -0.4 is 10.6 Å². The molecule has 7 rings (SSSR count). The van der Waals surface area contributed by atoms with E-state index >= 15 is 0 Å². The van der Waals surface area contributed by atoms with Gasteiger partial charge in [0, 0.05) is 25.6 Å². The molecule has 2 saturated heterocycles. The van der Waals surface area contributed by atoms with Crippen LogP contribution in [0.25, 0.3) is 0 Å². The van der Waals surface area contributed by atoms with Gasteiger partial charge in [-0.3, -0.25) is 0 Å². The first-order valence-electron chi connectivity index (χ1n) is 18.0. The van der Waals surface area contributed by atoms with Gasteiger partial charge in [-0.15, -0.1) is 0 Å². The number of carbonyl (C=O) groups is 1. The van der Waals surface area contributed by atoms with Crippen molar-refractivity contribution in [1.82, 2.24) is 10.6 Å². The van der Waals surface area contributed by atoms with Crippen molar-refractivity contribution in [3.8, 4) is 0 Å². The molecule has 14 atom stereocenters. The van der Waals surface area contributed by atoms with E-state index in [9.17, 15) is 9.90 Å². The fourth-order valence-electron chi connectivity index (χ4n) is 13.4. The summed E-state index contributed by atoms with van der Waals surface area (Å²) in [5, 5.41) is 18.6. The van der Waals surface area contributed by atoms with Crippen LogP contribution in [0.15, 0.2) is 0 Å². The van der Waals surface area contributed by atoms with E-state index in [4.69, 9.17) is 18.9 Å². The third-order valence-corrected chi connectivity index (χ3v) is 15.4. The molecule has 44 heavy (non-hydrogen) atoms. The number of fused-ring (bicyclic) bond motifs is 4. The lowest BCUT2D eigenvalue weighted by atomic mass is 9.41. The number of nitrogens with one attached hydrogen (secondary N) is 2. The number of rotatable bonds is 5. The first kappa shape index (κ1) is 31.7. The van der Waals surface area contributed by atoms with E-state index in [2.05, 4.69) is 59.1 Å². The van der Waals surface area contributed by atoms with Gasteiger partial charge in [-0.2, -0.15) is 0 Å². The number of morpholine rings is 1. The van der Waals surface area contributed by atoms with Crippen LogP contribution in [0, 0.1) is 56.7 Å². The number of amides is 1. The number of aliphatic hydroxyl groups is 1. The number of aliphatic hydroxyl groups excluding tert-OH is 1. The summed E-state index contributed by atoms with van der Waals surface area (Å²) in [5.74, 6) is 1.96. The van der Waals surface area contributed by atoms with Crippen molar-refractivity contribution >= 4 is 6.09 Å². The fraction of sp³-hybridized carbons (Fsp3) is 0.972. The van der Waals surface area contributed by atoms with Gasteiger partial charge >= 0.3 is 6.09 Å². The molecular weight excluding hydrogens is 556 g/mol. The van der Waals surface area contributed by atoms with Crippen molar-refractivity contribution in [2.45, 2.75) is 137 Å². The second-order valence-corrected chi connectivity index (χ2v) is 17.5. The lowest BCUT2D eigenvalue weighted by molar-refractivity contribution is -0.237. The summed E-state index contributed by atoms with van der Waals surface area (Å²) in [6, 6.07) is 0. The second-order valence-electron chi connectivity index (χ2n) is 17.5. The average molecular weight is 617 g/mol. The molecule has 2 heterocycles. The lowest BCUT2D eigenvalue weighted by Crippen LogP contribution is -2.60. The largest absolute Gasteiger partial charge is 0.443 e. The molecular formula is C36H60N2O6. The van der Waals surface area contributed by atoms with E-state index in [1.54, 1.807) is 7.05 Å². The molecule has 0 bridgehead atoms. The summed E-state index contributed by atoms with van der Waals surface area (Å²) in [5.41, 5.74) is 0.590. The number of carbonyl (C=O) groups excluding carboxylic acids is 1. The highest BCUT2D eigenvalue weighted by molar-refractivity contribution is 5.66. The van der Waals surface area contributed by atoms with Crippen LogP contribution in [0.2, 0.25) is 0 Å². The molecule has 1 unspecified atom stereocenters. The molecule has 3 N–H and O–H groups in total. The summed E-state index contributed by atoms with van der Waals surface area (Å²) < 4.78 is 25.5. The zero-order chi connectivity index (χ0) is 31.4. The summed E-state index contributed by atoms with van der Waals surface area (Å²) in [7, 11) is 1.60. The maximum Gasteiger partial charge on any atom is 0.407 e. The zero-order valence-electron chi connectivity index (χ0n) is 28.6. The first-order valence-corrected chi connectivity index (χ1v) is 18.0. The molecule has 1 amide bonds. The Morgan fingerprint density at radius 3 is 2.45 bits per heavy atom. The molecule has 250 valence electrons. The quantitative estimate of drug-likeness (QED) is 0.375. The van der Waals surface area contributed by atoms with Gasteiger partial charge in [-0.1, -0.05) is 48.5 Å². The van der Waals surface area contributed by atoms with Gasteiger partial charge in [0.2, 0.25) is 0 Å². The summed E-state index contributed by atoms with van der Waals surface area (Å²) in [4.78, 5) is 12.3. The van der Waals surface area contributed by atoms with Crippen molar-refractivity contribution in [3.05, 3.63) is 0 Å². The molecule has 8 heteroatoms. The Kier molecular flexibility index (Phi) is 7.58. The molecule has 7 fully saturated rings. The van der Waals surface area contributed by atoms with E-state index in [0.717, 1.165) is 39.0 Å². The van der Waals surface area contributed by atoms with Crippen molar-refractivity contribution in [1.29, 1.82) is 0 Å². The summed E-state index contributed by atoms with van der Waals surface area (Å²) >= 11 is 0. The number of hydrogen-bond donors (Lipinski definition) is 3. The van der Waals surface area contributed by atoms with Crippen LogP contribution in [0.3, 0.4) is 0 Å². The molecule has 0 aromatic rings. The molecule has 5 saturated carbocycles. The SMILES string of the molecule is CNC(=O)O[C@H](C(C)C)[C@H]1C[C@@H](C)[C@H]2[C@H](O1)[C@H](O)[C@@]1(C)[C@@H]3CC[C@H]4C(C)(C)[C@@H](O[C@H]5CNCCO5)CC[C@@]45CC35CC[C@]21C. The lowest BCUT2D eigenvalue weighted by Gasteiger charge is -2.63. The van der Waals surface area contributed by atoms with Gasteiger partial charge in [0.15, 0.2) is 6.29 Å². The van der Waals surface area contributed by atoms with Crippen LogP contribution >= 0.6 is 0 Å². The topological polar surface area (TPSA) is 98.3 Å². The van der Waals surface area contributed by atoms with Crippen LogP contribution in [-0.4, -0.2) is 74.8 Å². The van der Waals surface area contributed by atoms with Gasteiger partial charge < -0.3 is 34.7 Å². The third kappa shape index (κ3) is 4.08. The minimum atomic E-state index is -0.518. The molecule has 5 aliphatic carbocycles. The Morgan fingerprint density at radius 2 is 1.77 bits per heavy atom. The van der Waals surface area contributed by atoms with Crippen molar-refractivity contribution < 1.29 is 28.8 Å². The Labute approximate surface area is 265 Å². The van der Waals surface area contributed by atoms with Gasteiger partial charge in [-0.25, -0.2) is 4.79 Å². The smallest absolute Gasteiger partial charge is 0.407 e. The van der Waals surface area contributed by atoms with Gasteiger partial charge in [0.25, 0.3) is 0 Å². The van der Waals surface area contributed by atoms with Crippen molar-refractivity contribution in [2.24, 2.45) is 56.7 Å². The molecule has 0 radical (unpaired) electrons.